The van der Waals surface area contributed by atoms with Gasteiger partial charge in [0.2, 0.25) is 5.52 Å². The van der Waals surface area contributed by atoms with Crippen LogP contribution in [0.25, 0.3) is 0 Å². The smallest absolute Gasteiger partial charge is 0.305 e. The second-order valence-corrected chi connectivity index (χ2v) is 18.3. The Morgan fingerprint density at radius 2 is 1.08 bits per heavy atom. The first kappa shape index (κ1) is 57.6. The number of unbranched alkanes of at least 4 members (excludes halogenated alkanes) is 17. The lowest BCUT2D eigenvalue weighted by Crippen LogP contribution is -2.33. The number of hydrogen-bond acceptors (Lipinski definition) is 11. The Labute approximate surface area is 379 Å². The van der Waals surface area contributed by atoms with E-state index < -0.39 is 7.80 Å². The molecule has 0 aromatic carbocycles. The fourth-order valence-electron chi connectivity index (χ4n) is 7.33. The average Bonchev–Trinajstić information content (AvgIpc) is 3.27. The van der Waals surface area contributed by atoms with Gasteiger partial charge in [0, 0.05) is 39.6 Å². The first-order valence-electron chi connectivity index (χ1n) is 25.2. The fourth-order valence-corrected chi connectivity index (χ4v) is 8.60. The van der Waals surface area contributed by atoms with Crippen LogP contribution in [0.2, 0.25) is 0 Å². The highest BCUT2D eigenvalue weighted by atomic mass is 31.1. The van der Waals surface area contributed by atoms with Crippen molar-refractivity contribution in [2.45, 2.75) is 207 Å². The molecule has 0 aromatic heterocycles. The van der Waals surface area contributed by atoms with E-state index >= 15 is 0 Å². The van der Waals surface area contributed by atoms with Crippen molar-refractivity contribution in [3.63, 3.8) is 0 Å². The Morgan fingerprint density at radius 3 is 1.63 bits per heavy atom. The number of carbonyl (C=O) groups excluding carboxylic acids is 3. The van der Waals surface area contributed by atoms with E-state index in [4.69, 9.17) is 18.9 Å². The van der Waals surface area contributed by atoms with Crippen molar-refractivity contribution >= 4 is 25.3 Å². The summed E-state index contributed by atoms with van der Waals surface area (Å²) in [4.78, 5) is 39.1. The Hall–Kier alpha value is -2.46. The zero-order valence-electron chi connectivity index (χ0n) is 40.1. The monoisotopic (exact) mass is 894 g/mol. The molecule has 1 aliphatic heterocycles. The standard InChI is InChI=1S/C50H92N3O8P/c1-5-8-11-14-17-24-29-41-58-45(54)34-26-19-18-20-27-38-53(40-33-37-52-49-48(51-4)50(56)62(49)57)39-28-21-25-30-42-59-46(55)35-36-47(60-43-31-22-15-12-9-6-2)61-44-32-23-16-13-10-7-3/h9-10,12-13,47,51-52,62H,5-8,11,14-44H2,1-4H3/b12-9-,13-10-. The van der Waals surface area contributed by atoms with Crippen LogP contribution in [-0.4, -0.2) is 88.3 Å². The van der Waals surface area contributed by atoms with Crippen molar-refractivity contribution in [2.75, 3.05) is 59.7 Å². The molecule has 0 amide bonds. The number of nitrogens with one attached hydrogen (secondary N) is 2. The summed E-state index contributed by atoms with van der Waals surface area (Å²) >= 11 is 0. The maximum atomic E-state index is 12.6. The van der Waals surface area contributed by atoms with Crippen LogP contribution in [0.5, 0.6) is 0 Å². The van der Waals surface area contributed by atoms with Gasteiger partial charge in [0.05, 0.1) is 19.6 Å². The molecule has 1 aliphatic rings. The van der Waals surface area contributed by atoms with Gasteiger partial charge in [0.25, 0.3) is 0 Å². The largest absolute Gasteiger partial charge is 0.466 e. The van der Waals surface area contributed by atoms with Crippen LogP contribution >= 0.6 is 7.80 Å². The molecule has 0 radical (unpaired) electrons. The van der Waals surface area contributed by atoms with Gasteiger partial charge in [-0.15, -0.1) is 0 Å². The number of hydrogen-bond donors (Lipinski definition) is 2. The van der Waals surface area contributed by atoms with Gasteiger partial charge in [0.15, 0.2) is 14.1 Å². The number of likely N-dealkylation sites (N-methyl/N-ethyl adjacent to an activating group) is 1. The lowest BCUT2D eigenvalue weighted by molar-refractivity contribution is -0.159. The van der Waals surface area contributed by atoms with E-state index in [-0.39, 0.29) is 23.8 Å². The molecule has 1 unspecified atom stereocenters. The van der Waals surface area contributed by atoms with Gasteiger partial charge >= 0.3 is 11.9 Å². The summed E-state index contributed by atoms with van der Waals surface area (Å²) in [6.07, 6.45) is 36.8. The highest BCUT2D eigenvalue weighted by Crippen LogP contribution is 2.44. The highest BCUT2D eigenvalue weighted by Gasteiger charge is 2.34. The molecule has 0 aromatic rings. The van der Waals surface area contributed by atoms with Crippen LogP contribution in [0, 0.1) is 0 Å². The number of rotatable bonds is 46. The number of carbonyl (C=O) groups is 3. The summed E-state index contributed by atoms with van der Waals surface area (Å²) in [5.41, 5.74) is 0.773. The number of ether oxygens (including phenoxy) is 4. The van der Waals surface area contributed by atoms with Crippen molar-refractivity contribution in [1.29, 1.82) is 0 Å². The molecule has 11 nitrogen and oxygen atoms in total. The van der Waals surface area contributed by atoms with Gasteiger partial charge < -0.3 is 39.0 Å². The van der Waals surface area contributed by atoms with Gasteiger partial charge in [0.1, 0.15) is 11.1 Å². The summed E-state index contributed by atoms with van der Waals surface area (Å²) in [6, 6.07) is 0. The van der Waals surface area contributed by atoms with Crippen LogP contribution in [0.1, 0.15) is 201 Å². The van der Waals surface area contributed by atoms with Crippen molar-refractivity contribution in [3.05, 3.63) is 35.4 Å². The van der Waals surface area contributed by atoms with Crippen LogP contribution in [0.15, 0.2) is 35.4 Å². The van der Waals surface area contributed by atoms with Crippen molar-refractivity contribution < 1.29 is 37.9 Å². The van der Waals surface area contributed by atoms with Crippen LogP contribution < -0.4 is 10.6 Å². The summed E-state index contributed by atoms with van der Waals surface area (Å²) in [7, 11) is -0.648. The second kappa shape index (κ2) is 42.5. The third-order valence-electron chi connectivity index (χ3n) is 11.1. The van der Waals surface area contributed by atoms with Crippen LogP contribution in [0.4, 0.5) is 0 Å². The lowest BCUT2D eigenvalue weighted by atomic mass is 10.1. The number of esters is 2. The molecule has 0 saturated carbocycles. The summed E-state index contributed by atoms with van der Waals surface area (Å²) in [5.74, 6) is -0.249. The molecule has 62 heavy (non-hydrogen) atoms. The van der Waals surface area contributed by atoms with E-state index in [9.17, 15) is 18.9 Å². The average molecular weight is 894 g/mol. The molecular formula is C50H92N3O8P. The van der Waals surface area contributed by atoms with E-state index in [0.717, 1.165) is 148 Å². The molecule has 1 heterocycles. The molecule has 12 heteroatoms. The van der Waals surface area contributed by atoms with E-state index in [0.29, 0.717) is 63.4 Å². The molecular weight excluding hydrogens is 802 g/mol. The molecule has 360 valence electrons. The predicted molar refractivity (Wildman–Crippen MR) is 257 cm³/mol. The fraction of sp³-hybridized carbons (Fsp3) is 0.820. The minimum absolute atomic E-state index is 0.0583. The van der Waals surface area contributed by atoms with Gasteiger partial charge in [-0.2, -0.15) is 0 Å². The second-order valence-electron chi connectivity index (χ2n) is 16.7. The summed E-state index contributed by atoms with van der Waals surface area (Å²) < 4.78 is 35.3. The molecule has 0 spiro atoms. The van der Waals surface area contributed by atoms with Crippen molar-refractivity contribution in [1.82, 2.24) is 15.5 Å². The topological polar surface area (TPSA) is 132 Å². The van der Waals surface area contributed by atoms with Crippen molar-refractivity contribution in [2.24, 2.45) is 0 Å². The molecule has 0 saturated heterocycles. The number of allylic oxidation sites excluding steroid dienone is 5. The molecule has 0 fully saturated rings. The SMILES string of the molecule is CC/C=C\CCCCOC(CCC(=O)OCCCCCCN(CCCCCCCC(=O)OCCCCCCCCC)CCCNC1=C(NC)C(=O)[PH]1=O)OCCCC/C=C\CC. The molecule has 0 bridgehead atoms. The summed E-state index contributed by atoms with van der Waals surface area (Å²) in [5, 5.41) is 6.11. The third kappa shape index (κ3) is 32.2. The quantitative estimate of drug-likeness (QED) is 0.0199. The zero-order valence-corrected chi connectivity index (χ0v) is 41.1. The Balaban J connectivity index is 2.36. The van der Waals surface area contributed by atoms with Crippen LogP contribution in [0.3, 0.4) is 0 Å². The van der Waals surface area contributed by atoms with Gasteiger partial charge in [-0.05, 0) is 110 Å². The molecule has 2 N–H and O–H groups in total. The zero-order chi connectivity index (χ0) is 45.1. The Kier molecular flexibility index (Phi) is 39.4. The van der Waals surface area contributed by atoms with E-state index in [2.05, 4.69) is 60.6 Å². The maximum Gasteiger partial charge on any atom is 0.305 e. The normalized spacial score (nSPS) is 14.2. The molecule has 1 atom stereocenters. The molecule has 1 rings (SSSR count). The first-order valence-corrected chi connectivity index (χ1v) is 26.6. The van der Waals surface area contributed by atoms with Crippen LogP contribution in [-0.2, 0) is 37.9 Å². The van der Waals surface area contributed by atoms with E-state index in [1.165, 1.54) is 32.1 Å². The predicted octanol–water partition coefficient (Wildman–Crippen LogP) is 11.9. The Morgan fingerprint density at radius 1 is 0.597 bits per heavy atom. The van der Waals surface area contributed by atoms with Gasteiger partial charge in [-0.25, -0.2) is 0 Å². The van der Waals surface area contributed by atoms with Crippen molar-refractivity contribution in [3.8, 4) is 0 Å². The Bertz CT molecular complexity index is 1220. The highest BCUT2D eigenvalue weighted by molar-refractivity contribution is 7.71. The maximum absolute atomic E-state index is 12.6. The molecule has 0 aliphatic carbocycles. The summed E-state index contributed by atoms with van der Waals surface area (Å²) in [6.45, 7) is 12.4. The third-order valence-corrected chi connectivity index (χ3v) is 12.7. The number of nitrogens with zero attached hydrogens (tertiary/aromatic N) is 1. The minimum atomic E-state index is -2.34. The van der Waals surface area contributed by atoms with Gasteiger partial charge in [-0.3, -0.25) is 14.4 Å². The van der Waals surface area contributed by atoms with E-state index in [1.54, 1.807) is 7.05 Å². The van der Waals surface area contributed by atoms with E-state index in [1.807, 2.05) is 0 Å². The minimum Gasteiger partial charge on any atom is -0.466 e. The first-order chi connectivity index (χ1) is 30.4. The van der Waals surface area contributed by atoms with Gasteiger partial charge in [-0.1, -0.05) is 116 Å². The lowest BCUT2D eigenvalue weighted by Gasteiger charge is -2.25.